The number of pyridine rings is 1. The van der Waals surface area contributed by atoms with Crippen molar-refractivity contribution in [2.75, 3.05) is 17.7 Å². The summed E-state index contributed by atoms with van der Waals surface area (Å²) in [5.74, 6) is -0.00176. The standard InChI is InChI=1S/C25H24ClN3O3/c1-32-22-16-19(9-10-20(22)29-23(30)21-15-18(26)11-14-27-21)28-24(31)25(12-5-6-13-25)17-7-3-2-4-8-17/h2-4,7-11,14-16H,5-6,12-13H2,1H3,(H,28,31)(H,29,30). The molecule has 4 rings (SSSR count). The lowest BCUT2D eigenvalue weighted by Crippen LogP contribution is -2.37. The third kappa shape index (κ3) is 4.46. The second kappa shape index (κ2) is 9.40. The van der Waals surface area contributed by atoms with Crippen molar-refractivity contribution in [2.24, 2.45) is 0 Å². The van der Waals surface area contributed by atoms with Crippen LogP contribution in [0.25, 0.3) is 0 Å². The van der Waals surface area contributed by atoms with Crippen LogP contribution in [0.1, 0.15) is 41.7 Å². The van der Waals surface area contributed by atoms with E-state index in [9.17, 15) is 9.59 Å². The highest BCUT2D eigenvalue weighted by atomic mass is 35.5. The second-order valence-electron chi connectivity index (χ2n) is 7.84. The molecule has 3 aromatic rings. The first-order valence-corrected chi connectivity index (χ1v) is 10.9. The molecule has 2 amide bonds. The molecule has 2 N–H and O–H groups in total. The molecule has 0 atom stereocenters. The van der Waals surface area contributed by atoms with E-state index in [0.717, 1.165) is 31.2 Å². The summed E-state index contributed by atoms with van der Waals surface area (Å²) in [6, 6.07) is 18.2. The van der Waals surface area contributed by atoms with E-state index in [0.29, 0.717) is 22.1 Å². The largest absolute Gasteiger partial charge is 0.494 e. The van der Waals surface area contributed by atoms with Crippen LogP contribution < -0.4 is 15.4 Å². The zero-order valence-electron chi connectivity index (χ0n) is 17.7. The molecule has 0 bridgehead atoms. The molecule has 32 heavy (non-hydrogen) atoms. The number of nitrogens with zero attached hydrogens (tertiary/aromatic N) is 1. The summed E-state index contributed by atoms with van der Waals surface area (Å²) in [5, 5.41) is 6.26. The molecule has 0 aliphatic heterocycles. The van der Waals surface area contributed by atoms with E-state index in [4.69, 9.17) is 16.3 Å². The number of ether oxygens (including phenoxy) is 1. The van der Waals surface area contributed by atoms with E-state index >= 15 is 0 Å². The van der Waals surface area contributed by atoms with E-state index in [1.807, 2.05) is 30.3 Å². The monoisotopic (exact) mass is 449 g/mol. The lowest BCUT2D eigenvalue weighted by molar-refractivity contribution is -0.121. The van der Waals surface area contributed by atoms with E-state index < -0.39 is 11.3 Å². The molecule has 1 saturated carbocycles. The fourth-order valence-corrected chi connectivity index (χ4v) is 4.38. The summed E-state index contributed by atoms with van der Waals surface area (Å²) in [6.07, 6.45) is 5.16. The maximum atomic E-state index is 13.4. The summed E-state index contributed by atoms with van der Waals surface area (Å²) in [7, 11) is 1.51. The third-order valence-corrected chi connectivity index (χ3v) is 6.12. The Bertz CT molecular complexity index is 1130. The van der Waals surface area contributed by atoms with Crippen molar-refractivity contribution in [3.63, 3.8) is 0 Å². The van der Waals surface area contributed by atoms with Crippen LogP contribution in [-0.4, -0.2) is 23.9 Å². The topological polar surface area (TPSA) is 80.3 Å². The number of aromatic nitrogens is 1. The fourth-order valence-electron chi connectivity index (χ4n) is 4.22. The number of anilines is 2. The number of methoxy groups -OCH3 is 1. The zero-order valence-corrected chi connectivity index (χ0v) is 18.5. The molecule has 7 heteroatoms. The molecule has 0 radical (unpaired) electrons. The van der Waals surface area contributed by atoms with Gasteiger partial charge in [-0.25, -0.2) is 0 Å². The highest BCUT2D eigenvalue weighted by molar-refractivity contribution is 6.31. The molecule has 2 aromatic carbocycles. The molecule has 0 spiro atoms. The molecule has 0 saturated heterocycles. The van der Waals surface area contributed by atoms with E-state index in [1.54, 1.807) is 24.3 Å². The van der Waals surface area contributed by atoms with Gasteiger partial charge in [0.2, 0.25) is 5.91 Å². The number of hydrogen-bond donors (Lipinski definition) is 2. The van der Waals surface area contributed by atoms with Gasteiger partial charge in [0, 0.05) is 23.0 Å². The quantitative estimate of drug-likeness (QED) is 0.524. The molecule has 1 fully saturated rings. The number of halogens is 1. The van der Waals surface area contributed by atoms with Gasteiger partial charge in [0.05, 0.1) is 18.2 Å². The molecule has 164 valence electrons. The van der Waals surface area contributed by atoms with Crippen LogP contribution >= 0.6 is 11.6 Å². The van der Waals surface area contributed by atoms with Crippen LogP contribution in [0.2, 0.25) is 5.02 Å². The van der Waals surface area contributed by atoms with Crippen LogP contribution in [-0.2, 0) is 10.2 Å². The first-order valence-electron chi connectivity index (χ1n) is 10.5. The smallest absolute Gasteiger partial charge is 0.274 e. The van der Waals surface area contributed by atoms with Crippen molar-refractivity contribution < 1.29 is 14.3 Å². The van der Waals surface area contributed by atoms with Gasteiger partial charge in [-0.3, -0.25) is 14.6 Å². The number of benzene rings is 2. The Morgan fingerprint density at radius 2 is 1.75 bits per heavy atom. The number of nitrogens with one attached hydrogen (secondary N) is 2. The van der Waals surface area contributed by atoms with Gasteiger partial charge < -0.3 is 15.4 Å². The summed E-state index contributed by atoms with van der Waals surface area (Å²) in [4.78, 5) is 29.9. The first kappa shape index (κ1) is 21.8. The zero-order chi connectivity index (χ0) is 22.6. The Hall–Kier alpha value is -3.38. The minimum absolute atomic E-state index is 0.0248. The van der Waals surface area contributed by atoms with E-state index in [1.165, 1.54) is 19.4 Å². The van der Waals surface area contributed by atoms with Gasteiger partial charge in [0.1, 0.15) is 11.4 Å². The van der Waals surface area contributed by atoms with Gasteiger partial charge in [-0.05, 0) is 42.7 Å². The van der Waals surface area contributed by atoms with Gasteiger partial charge in [-0.15, -0.1) is 0 Å². The lowest BCUT2D eigenvalue weighted by Gasteiger charge is -2.28. The predicted octanol–water partition coefficient (Wildman–Crippen LogP) is 5.45. The summed E-state index contributed by atoms with van der Waals surface area (Å²) in [5.41, 5.74) is 1.78. The molecule has 1 aliphatic carbocycles. The average Bonchev–Trinajstić information content (AvgIpc) is 3.32. The molecule has 6 nitrogen and oxygen atoms in total. The van der Waals surface area contributed by atoms with Crippen LogP contribution in [0.15, 0.2) is 66.9 Å². The molecular formula is C25H24ClN3O3. The molecule has 0 unspecified atom stereocenters. The second-order valence-corrected chi connectivity index (χ2v) is 8.27. The third-order valence-electron chi connectivity index (χ3n) is 5.88. The van der Waals surface area contributed by atoms with Crippen LogP contribution in [0.4, 0.5) is 11.4 Å². The lowest BCUT2D eigenvalue weighted by atomic mass is 9.78. The number of rotatable bonds is 6. The first-order chi connectivity index (χ1) is 15.5. The highest BCUT2D eigenvalue weighted by Crippen LogP contribution is 2.42. The summed E-state index contributed by atoms with van der Waals surface area (Å²) >= 11 is 5.94. The Morgan fingerprint density at radius 1 is 1.00 bits per heavy atom. The maximum absolute atomic E-state index is 13.4. The highest BCUT2D eigenvalue weighted by Gasteiger charge is 2.42. The number of amides is 2. The SMILES string of the molecule is COc1cc(NC(=O)C2(c3ccccc3)CCCC2)ccc1NC(=O)c1cc(Cl)ccn1. The van der Waals surface area contributed by atoms with Crippen molar-refractivity contribution in [3.8, 4) is 5.75 Å². The van der Waals surface area contributed by atoms with E-state index in [-0.39, 0.29) is 11.6 Å². The summed E-state index contributed by atoms with van der Waals surface area (Å²) < 4.78 is 5.45. The van der Waals surface area contributed by atoms with Crippen molar-refractivity contribution in [1.82, 2.24) is 4.98 Å². The van der Waals surface area contributed by atoms with Crippen LogP contribution in [0.5, 0.6) is 5.75 Å². The predicted molar refractivity (Wildman–Crippen MR) is 125 cm³/mol. The minimum Gasteiger partial charge on any atom is -0.494 e. The Labute approximate surface area is 192 Å². The number of hydrogen-bond acceptors (Lipinski definition) is 4. The van der Waals surface area contributed by atoms with Crippen molar-refractivity contribution in [2.45, 2.75) is 31.1 Å². The molecular weight excluding hydrogens is 426 g/mol. The Kier molecular flexibility index (Phi) is 6.42. The fraction of sp³-hybridized carbons (Fsp3) is 0.240. The van der Waals surface area contributed by atoms with Crippen molar-refractivity contribution in [1.29, 1.82) is 0 Å². The summed E-state index contributed by atoms with van der Waals surface area (Å²) in [6.45, 7) is 0. The molecule has 1 heterocycles. The molecule has 1 aromatic heterocycles. The minimum atomic E-state index is -0.528. The number of carbonyl (C=O) groups is 2. The van der Waals surface area contributed by atoms with Crippen LogP contribution in [0, 0.1) is 0 Å². The van der Waals surface area contributed by atoms with Gasteiger partial charge in [0.15, 0.2) is 0 Å². The van der Waals surface area contributed by atoms with Gasteiger partial charge >= 0.3 is 0 Å². The maximum Gasteiger partial charge on any atom is 0.274 e. The van der Waals surface area contributed by atoms with Gasteiger partial charge in [-0.1, -0.05) is 54.8 Å². The van der Waals surface area contributed by atoms with Crippen molar-refractivity contribution in [3.05, 3.63) is 83.1 Å². The average molecular weight is 450 g/mol. The van der Waals surface area contributed by atoms with Gasteiger partial charge in [-0.2, -0.15) is 0 Å². The Morgan fingerprint density at radius 3 is 2.44 bits per heavy atom. The van der Waals surface area contributed by atoms with Crippen LogP contribution in [0.3, 0.4) is 0 Å². The normalized spacial score (nSPS) is 14.6. The van der Waals surface area contributed by atoms with E-state index in [2.05, 4.69) is 15.6 Å². The van der Waals surface area contributed by atoms with Gasteiger partial charge in [0.25, 0.3) is 5.91 Å². The molecule has 1 aliphatic rings. The number of carbonyl (C=O) groups excluding carboxylic acids is 2. The Balaban J connectivity index is 1.54. The van der Waals surface area contributed by atoms with Crippen molar-refractivity contribution >= 4 is 34.8 Å².